The first-order valence-electron chi connectivity index (χ1n) is 9.32. The molecule has 25 heavy (non-hydrogen) atoms. The van der Waals surface area contributed by atoms with Crippen LogP contribution in [0.4, 0.5) is 5.69 Å². The normalized spacial score (nSPS) is 32.3. The molecule has 0 atom stereocenters. The van der Waals surface area contributed by atoms with Crippen molar-refractivity contribution in [1.82, 2.24) is 5.32 Å². The zero-order chi connectivity index (χ0) is 17.4. The summed E-state index contributed by atoms with van der Waals surface area (Å²) >= 11 is 0. The Bertz CT molecular complexity index is 650. The molecule has 5 heteroatoms. The molecule has 0 radical (unpaired) electrons. The number of hydrogen-bond acceptors (Lipinski definition) is 3. The van der Waals surface area contributed by atoms with Crippen LogP contribution in [-0.2, 0) is 9.59 Å². The topological polar surface area (TPSA) is 67.4 Å². The van der Waals surface area contributed by atoms with Crippen molar-refractivity contribution >= 4 is 17.5 Å². The highest BCUT2D eigenvalue weighted by atomic mass is 16.5. The lowest BCUT2D eigenvalue weighted by molar-refractivity contribution is -0.128. The fraction of sp³-hybridized carbons (Fsp3) is 0.600. The Morgan fingerprint density at radius 1 is 1.08 bits per heavy atom. The van der Waals surface area contributed by atoms with E-state index in [4.69, 9.17) is 4.74 Å². The summed E-state index contributed by atoms with van der Waals surface area (Å²) in [4.78, 5) is 23.8. The quantitative estimate of drug-likeness (QED) is 0.864. The maximum atomic E-state index is 12.5. The van der Waals surface area contributed by atoms with Gasteiger partial charge in [0.25, 0.3) is 5.91 Å². The molecule has 2 amide bonds. The van der Waals surface area contributed by atoms with E-state index in [0.29, 0.717) is 11.4 Å². The summed E-state index contributed by atoms with van der Waals surface area (Å²) < 4.78 is 5.69. The molecule has 4 saturated carbocycles. The van der Waals surface area contributed by atoms with Gasteiger partial charge in [-0.15, -0.1) is 0 Å². The van der Waals surface area contributed by atoms with Gasteiger partial charge in [-0.1, -0.05) is 12.1 Å². The fourth-order valence-corrected chi connectivity index (χ4v) is 5.62. The van der Waals surface area contributed by atoms with Gasteiger partial charge < -0.3 is 15.4 Å². The molecule has 0 saturated heterocycles. The number of amides is 2. The number of carbonyl (C=O) groups excluding carboxylic acids is 2. The van der Waals surface area contributed by atoms with Crippen molar-refractivity contribution in [3.05, 3.63) is 24.3 Å². The fourth-order valence-electron chi connectivity index (χ4n) is 5.62. The van der Waals surface area contributed by atoms with E-state index in [1.165, 1.54) is 26.2 Å². The number of carbonyl (C=O) groups is 2. The van der Waals surface area contributed by atoms with E-state index < -0.39 is 0 Å². The number of rotatable bonds is 5. The molecule has 0 heterocycles. The molecule has 2 N–H and O–H groups in total. The lowest BCUT2D eigenvalue weighted by Gasteiger charge is -2.56. The summed E-state index contributed by atoms with van der Waals surface area (Å²) in [5.74, 6) is 2.71. The molecule has 4 aliphatic rings. The average molecular weight is 342 g/mol. The predicted octanol–water partition coefficient (Wildman–Crippen LogP) is 3.11. The highest BCUT2D eigenvalue weighted by molar-refractivity contribution is 5.90. The Morgan fingerprint density at radius 2 is 1.68 bits per heavy atom. The van der Waals surface area contributed by atoms with Crippen molar-refractivity contribution in [2.45, 2.75) is 51.0 Å². The van der Waals surface area contributed by atoms with E-state index in [0.717, 1.165) is 37.0 Å². The zero-order valence-corrected chi connectivity index (χ0v) is 14.7. The minimum Gasteiger partial charge on any atom is -0.482 e. The van der Waals surface area contributed by atoms with Crippen LogP contribution in [0.5, 0.6) is 5.75 Å². The second-order valence-corrected chi connectivity index (χ2v) is 8.21. The van der Waals surface area contributed by atoms with Gasteiger partial charge in [-0.05, 0) is 68.4 Å². The Morgan fingerprint density at radius 3 is 2.28 bits per heavy atom. The van der Waals surface area contributed by atoms with Gasteiger partial charge in [-0.25, -0.2) is 0 Å². The van der Waals surface area contributed by atoms with E-state index in [1.807, 2.05) is 12.1 Å². The summed E-state index contributed by atoms with van der Waals surface area (Å²) in [6.45, 7) is 1.44. The van der Waals surface area contributed by atoms with E-state index >= 15 is 0 Å². The molecule has 134 valence electrons. The monoisotopic (exact) mass is 342 g/mol. The second kappa shape index (κ2) is 6.36. The molecule has 1 aromatic rings. The molecular formula is C20H26N2O3. The number of nitrogens with one attached hydrogen (secondary N) is 2. The minimum absolute atomic E-state index is 0.00630. The summed E-state index contributed by atoms with van der Waals surface area (Å²) in [6.07, 6.45) is 7.47. The van der Waals surface area contributed by atoms with Gasteiger partial charge in [0.2, 0.25) is 5.91 Å². The third-order valence-electron chi connectivity index (χ3n) is 6.00. The largest absolute Gasteiger partial charge is 0.482 e. The molecule has 1 aromatic carbocycles. The van der Waals surface area contributed by atoms with Gasteiger partial charge in [0.1, 0.15) is 5.75 Å². The van der Waals surface area contributed by atoms with Crippen LogP contribution in [0.15, 0.2) is 24.3 Å². The van der Waals surface area contributed by atoms with E-state index in [2.05, 4.69) is 10.6 Å². The van der Waals surface area contributed by atoms with Crippen LogP contribution in [-0.4, -0.2) is 24.0 Å². The summed E-state index contributed by atoms with van der Waals surface area (Å²) in [7, 11) is 0. The lowest BCUT2D eigenvalue weighted by Crippen LogP contribution is -2.60. The van der Waals surface area contributed by atoms with Gasteiger partial charge in [-0.3, -0.25) is 9.59 Å². The molecule has 4 aliphatic carbocycles. The molecule has 5 rings (SSSR count). The smallest absolute Gasteiger partial charge is 0.258 e. The van der Waals surface area contributed by atoms with E-state index in [1.54, 1.807) is 12.1 Å². The number of hydrogen-bond donors (Lipinski definition) is 2. The van der Waals surface area contributed by atoms with Crippen LogP contribution in [0.2, 0.25) is 0 Å². The van der Waals surface area contributed by atoms with Crippen LogP contribution in [0.3, 0.4) is 0 Å². The second-order valence-electron chi connectivity index (χ2n) is 8.21. The molecule has 0 aliphatic heterocycles. The summed E-state index contributed by atoms with van der Waals surface area (Å²) in [5, 5.41) is 6.03. The molecule has 5 nitrogen and oxygen atoms in total. The molecule has 4 bridgehead atoms. The standard InChI is InChI=1S/C20H26N2O3/c1-13(23)21-17-4-2-3-5-18(17)25-12-19(24)22-20-9-14-6-15(10-20)8-16(7-14)11-20/h2-5,14-16H,6-12H2,1H3,(H,21,23)(H,22,24). The van der Waals surface area contributed by atoms with Gasteiger partial charge in [0.05, 0.1) is 5.69 Å². The number of ether oxygens (including phenoxy) is 1. The van der Waals surface area contributed by atoms with Crippen molar-refractivity contribution < 1.29 is 14.3 Å². The van der Waals surface area contributed by atoms with Crippen molar-refractivity contribution in [3.8, 4) is 5.75 Å². The van der Waals surface area contributed by atoms with E-state index in [9.17, 15) is 9.59 Å². The number of anilines is 1. The van der Waals surface area contributed by atoms with Crippen LogP contribution in [0.25, 0.3) is 0 Å². The zero-order valence-electron chi connectivity index (χ0n) is 14.7. The molecule has 4 fully saturated rings. The maximum Gasteiger partial charge on any atom is 0.258 e. The third kappa shape index (κ3) is 3.51. The van der Waals surface area contributed by atoms with Crippen molar-refractivity contribution in [2.75, 3.05) is 11.9 Å². The third-order valence-corrected chi connectivity index (χ3v) is 6.00. The average Bonchev–Trinajstić information content (AvgIpc) is 2.51. The van der Waals surface area contributed by atoms with Crippen molar-refractivity contribution in [2.24, 2.45) is 17.8 Å². The van der Waals surface area contributed by atoms with Crippen LogP contribution < -0.4 is 15.4 Å². The van der Waals surface area contributed by atoms with Gasteiger partial charge >= 0.3 is 0 Å². The molecule has 0 unspecified atom stereocenters. The SMILES string of the molecule is CC(=O)Nc1ccccc1OCC(=O)NC12CC3CC(CC(C3)C1)C2. The molecular weight excluding hydrogens is 316 g/mol. The maximum absolute atomic E-state index is 12.5. The molecule has 0 aromatic heterocycles. The van der Waals surface area contributed by atoms with Crippen LogP contribution in [0.1, 0.15) is 45.4 Å². The minimum atomic E-state index is -0.158. The van der Waals surface area contributed by atoms with Gasteiger partial charge in [-0.2, -0.15) is 0 Å². The first-order valence-corrected chi connectivity index (χ1v) is 9.32. The van der Waals surface area contributed by atoms with Crippen LogP contribution >= 0.6 is 0 Å². The highest BCUT2D eigenvalue weighted by Crippen LogP contribution is 2.55. The Balaban J connectivity index is 1.37. The predicted molar refractivity (Wildman–Crippen MR) is 95.3 cm³/mol. The highest BCUT2D eigenvalue weighted by Gasteiger charge is 2.51. The lowest BCUT2D eigenvalue weighted by atomic mass is 9.53. The van der Waals surface area contributed by atoms with Crippen molar-refractivity contribution in [1.29, 1.82) is 0 Å². The van der Waals surface area contributed by atoms with E-state index in [-0.39, 0.29) is 24.0 Å². The molecule has 0 spiro atoms. The number of para-hydroxylation sites is 2. The van der Waals surface area contributed by atoms with Gasteiger partial charge in [0, 0.05) is 12.5 Å². The van der Waals surface area contributed by atoms with Crippen molar-refractivity contribution in [3.63, 3.8) is 0 Å². The van der Waals surface area contributed by atoms with Gasteiger partial charge in [0.15, 0.2) is 6.61 Å². The van der Waals surface area contributed by atoms with Crippen LogP contribution in [0, 0.1) is 17.8 Å². The Hall–Kier alpha value is -2.04. The number of benzene rings is 1. The first-order chi connectivity index (χ1) is 12.0. The Labute approximate surface area is 148 Å². The Kier molecular flexibility index (Phi) is 4.18. The summed E-state index contributed by atoms with van der Waals surface area (Å²) in [5.41, 5.74) is 0.601. The first kappa shape index (κ1) is 16.4. The summed E-state index contributed by atoms with van der Waals surface area (Å²) in [6, 6.07) is 7.20.